The molecule has 0 unspecified atom stereocenters. The predicted molar refractivity (Wildman–Crippen MR) is 77.8 cm³/mol. The van der Waals surface area contributed by atoms with Crippen molar-refractivity contribution in [2.45, 2.75) is 0 Å². The molecule has 0 aliphatic heterocycles. The summed E-state index contributed by atoms with van der Waals surface area (Å²) in [6.07, 6.45) is 1.59. The van der Waals surface area contributed by atoms with Crippen molar-refractivity contribution in [3.8, 4) is 0 Å². The van der Waals surface area contributed by atoms with Gasteiger partial charge in [-0.1, -0.05) is 11.6 Å². The molecule has 1 aromatic carbocycles. The number of nitrogens with two attached hydrogens (primary N) is 1. The summed E-state index contributed by atoms with van der Waals surface area (Å²) in [7, 11) is 0. The summed E-state index contributed by atoms with van der Waals surface area (Å²) < 4.78 is 5.43. The average Bonchev–Trinajstić information content (AvgIpc) is 2.79. The van der Waals surface area contributed by atoms with Crippen LogP contribution in [0.15, 0.2) is 47.0 Å². The van der Waals surface area contributed by atoms with Crippen molar-refractivity contribution in [1.82, 2.24) is 4.98 Å². The Hall–Kier alpha value is -2.53. The Kier molecular flexibility index (Phi) is 3.04. The van der Waals surface area contributed by atoms with E-state index < -0.39 is 5.91 Å². The number of anilines is 2. The molecule has 0 saturated carbocycles. The van der Waals surface area contributed by atoms with Gasteiger partial charge in [-0.2, -0.15) is 0 Å². The van der Waals surface area contributed by atoms with Crippen molar-refractivity contribution in [2.75, 3.05) is 11.1 Å². The van der Waals surface area contributed by atoms with Gasteiger partial charge in [0, 0.05) is 16.9 Å². The summed E-state index contributed by atoms with van der Waals surface area (Å²) in [6, 6.07) is 10.2. The number of fused-ring (bicyclic) bond motifs is 1. The van der Waals surface area contributed by atoms with Gasteiger partial charge in [0.2, 0.25) is 5.76 Å². The highest BCUT2D eigenvalue weighted by Gasteiger charge is 2.19. The molecule has 2 heterocycles. The number of furan rings is 1. The van der Waals surface area contributed by atoms with Crippen LogP contribution in [0.5, 0.6) is 0 Å². The van der Waals surface area contributed by atoms with Crippen LogP contribution in [0.4, 0.5) is 11.4 Å². The number of halogens is 1. The second-order valence-corrected chi connectivity index (χ2v) is 4.59. The third-order valence-electron chi connectivity index (χ3n) is 2.79. The molecule has 100 valence electrons. The second kappa shape index (κ2) is 4.86. The minimum absolute atomic E-state index is 0.0497. The molecule has 1 amide bonds. The standard InChI is InChI=1S/C14H10ClN3O2/c15-8-3-5-9(6-4-8)18-14(19)13-11(16)12-10(20-13)2-1-7-17-12/h1-7H,16H2,(H,18,19). The highest BCUT2D eigenvalue weighted by molar-refractivity contribution is 6.30. The van der Waals surface area contributed by atoms with Crippen LogP contribution in [-0.4, -0.2) is 10.9 Å². The largest absolute Gasteiger partial charge is 0.447 e. The molecule has 2 aromatic heterocycles. The Morgan fingerprint density at radius 2 is 2.00 bits per heavy atom. The maximum atomic E-state index is 12.1. The molecular formula is C14H10ClN3O2. The highest BCUT2D eigenvalue weighted by Crippen LogP contribution is 2.26. The molecule has 0 aliphatic rings. The van der Waals surface area contributed by atoms with Crippen molar-refractivity contribution >= 4 is 40.0 Å². The molecule has 0 atom stereocenters. The predicted octanol–water partition coefficient (Wildman–Crippen LogP) is 3.32. The van der Waals surface area contributed by atoms with E-state index in [9.17, 15) is 4.79 Å². The number of aromatic nitrogens is 1. The molecule has 0 spiro atoms. The van der Waals surface area contributed by atoms with E-state index in [1.54, 1.807) is 42.6 Å². The lowest BCUT2D eigenvalue weighted by Crippen LogP contribution is -2.12. The number of nitrogen functional groups attached to an aromatic ring is 1. The first-order chi connectivity index (χ1) is 9.65. The number of hydrogen-bond donors (Lipinski definition) is 2. The van der Waals surface area contributed by atoms with Crippen LogP contribution in [0.1, 0.15) is 10.6 Å². The molecule has 0 radical (unpaired) electrons. The Labute approximate surface area is 119 Å². The Morgan fingerprint density at radius 3 is 2.70 bits per heavy atom. The maximum absolute atomic E-state index is 12.1. The van der Waals surface area contributed by atoms with Gasteiger partial charge < -0.3 is 15.5 Å². The van der Waals surface area contributed by atoms with Crippen LogP contribution in [0.25, 0.3) is 11.1 Å². The zero-order valence-electron chi connectivity index (χ0n) is 10.3. The first-order valence-electron chi connectivity index (χ1n) is 5.85. The molecule has 5 nitrogen and oxygen atoms in total. The normalized spacial score (nSPS) is 10.7. The monoisotopic (exact) mass is 287 g/mol. The average molecular weight is 288 g/mol. The number of carbonyl (C=O) groups is 1. The maximum Gasteiger partial charge on any atom is 0.293 e. The molecule has 6 heteroatoms. The van der Waals surface area contributed by atoms with Gasteiger partial charge in [0.15, 0.2) is 5.58 Å². The van der Waals surface area contributed by atoms with Gasteiger partial charge in [0.1, 0.15) is 11.2 Å². The third-order valence-corrected chi connectivity index (χ3v) is 3.04. The lowest BCUT2D eigenvalue weighted by Gasteiger charge is -2.03. The summed E-state index contributed by atoms with van der Waals surface area (Å²) in [4.78, 5) is 16.2. The van der Waals surface area contributed by atoms with Crippen molar-refractivity contribution in [3.05, 3.63) is 53.4 Å². The van der Waals surface area contributed by atoms with Crippen molar-refractivity contribution in [2.24, 2.45) is 0 Å². The molecule has 0 aliphatic carbocycles. The van der Waals surface area contributed by atoms with Gasteiger partial charge in [-0.05, 0) is 36.4 Å². The first-order valence-corrected chi connectivity index (χ1v) is 6.23. The Bertz CT molecular complexity index is 781. The summed E-state index contributed by atoms with van der Waals surface area (Å²) in [6.45, 7) is 0. The van der Waals surface area contributed by atoms with E-state index in [1.807, 2.05) is 0 Å². The fraction of sp³-hybridized carbons (Fsp3) is 0. The second-order valence-electron chi connectivity index (χ2n) is 4.16. The fourth-order valence-corrected chi connectivity index (χ4v) is 1.96. The molecule has 3 N–H and O–H groups in total. The number of benzene rings is 1. The van der Waals surface area contributed by atoms with Crippen molar-refractivity contribution in [3.63, 3.8) is 0 Å². The van der Waals surface area contributed by atoms with Crippen LogP contribution in [0.3, 0.4) is 0 Å². The van der Waals surface area contributed by atoms with Gasteiger partial charge in [-0.25, -0.2) is 0 Å². The number of hydrogen-bond acceptors (Lipinski definition) is 4. The summed E-state index contributed by atoms with van der Waals surface area (Å²) in [5, 5.41) is 3.28. The highest BCUT2D eigenvalue weighted by atomic mass is 35.5. The fourth-order valence-electron chi connectivity index (χ4n) is 1.84. The number of carbonyl (C=O) groups excluding carboxylic acids is 1. The van der Waals surface area contributed by atoms with Crippen LogP contribution < -0.4 is 11.1 Å². The molecule has 0 saturated heterocycles. The van der Waals surface area contributed by atoms with Gasteiger partial charge in [-0.15, -0.1) is 0 Å². The quantitative estimate of drug-likeness (QED) is 0.757. The van der Waals surface area contributed by atoms with E-state index in [4.69, 9.17) is 21.8 Å². The van der Waals surface area contributed by atoms with E-state index >= 15 is 0 Å². The van der Waals surface area contributed by atoms with Crippen molar-refractivity contribution < 1.29 is 9.21 Å². The first kappa shape index (κ1) is 12.5. The molecule has 0 fully saturated rings. The van der Waals surface area contributed by atoms with E-state index in [1.165, 1.54) is 0 Å². The number of rotatable bonds is 2. The zero-order valence-corrected chi connectivity index (χ0v) is 11.0. The van der Waals surface area contributed by atoms with Gasteiger partial charge in [-0.3, -0.25) is 9.78 Å². The number of amides is 1. The number of nitrogens with zero attached hydrogens (tertiary/aromatic N) is 1. The van der Waals surface area contributed by atoms with E-state index in [-0.39, 0.29) is 11.4 Å². The summed E-state index contributed by atoms with van der Waals surface area (Å²) in [5.41, 5.74) is 7.67. The van der Waals surface area contributed by atoms with E-state index in [0.717, 1.165) is 0 Å². The molecule has 20 heavy (non-hydrogen) atoms. The lowest BCUT2D eigenvalue weighted by atomic mass is 10.3. The lowest BCUT2D eigenvalue weighted by molar-refractivity contribution is 0.1000. The minimum atomic E-state index is -0.428. The molecule has 3 rings (SSSR count). The topological polar surface area (TPSA) is 81.2 Å². The van der Waals surface area contributed by atoms with E-state index in [0.29, 0.717) is 21.8 Å². The molecule has 0 bridgehead atoms. The molecular weight excluding hydrogens is 278 g/mol. The number of nitrogens with one attached hydrogen (secondary N) is 1. The Balaban J connectivity index is 1.92. The van der Waals surface area contributed by atoms with Gasteiger partial charge >= 0.3 is 0 Å². The van der Waals surface area contributed by atoms with Crippen LogP contribution in [-0.2, 0) is 0 Å². The summed E-state index contributed by atoms with van der Waals surface area (Å²) in [5.74, 6) is -0.378. The Morgan fingerprint density at radius 1 is 1.25 bits per heavy atom. The van der Waals surface area contributed by atoms with Gasteiger partial charge in [0.05, 0.1) is 0 Å². The smallest absolute Gasteiger partial charge is 0.293 e. The third kappa shape index (κ3) is 2.19. The van der Waals surface area contributed by atoms with Crippen molar-refractivity contribution in [1.29, 1.82) is 0 Å². The van der Waals surface area contributed by atoms with Crippen LogP contribution in [0.2, 0.25) is 5.02 Å². The minimum Gasteiger partial charge on any atom is -0.447 e. The van der Waals surface area contributed by atoms with E-state index in [2.05, 4.69) is 10.3 Å². The van der Waals surface area contributed by atoms with Crippen LogP contribution in [0, 0.1) is 0 Å². The van der Waals surface area contributed by atoms with Crippen LogP contribution >= 0.6 is 11.6 Å². The number of pyridine rings is 1. The molecule has 3 aromatic rings. The summed E-state index contributed by atoms with van der Waals surface area (Å²) >= 11 is 5.78. The SMILES string of the molecule is Nc1c(C(=O)Nc2ccc(Cl)cc2)oc2cccnc12. The van der Waals surface area contributed by atoms with Gasteiger partial charge in [0.25, 0.3) is 5.91 Å². The zero-order chi connectivity index (χ0) is 14.1.